The van der Waals surface area contributed by atoms with E-state index in [0.717, 1.165) is 12.3 Å². The second-order valence-electron chi connectivity index (χ2n) is 8.22. The van der Waals surface area contributed by atoms with Crippen molar-refractivity contribution < 1.29 is 22.8 Å². The SMILES string of the molecule is CC(C)CC(=O)NC(C(=O)N1CCN(c2ccc(C(F)(F)F)cn2)CC1)c1ccccc1. The Morgan fingerprint density at radius 3 is 2.22 bits per heavy atom. The van der Waals surface area contributed by atoms with Crippen molar-refractivity contribution in [3.63, 3.8) is 0 Å². The molecule has 1 aliphatic heterocycles. The second kappa shape index (κ2) is 10.0. The third-order valence-electron chi connectivity index (χ3n) is 5.27. The summed E-state index contributed by atoms with van der Waals surface area (Å²) in [5.74, 6) is 0.222. The fraction of sp³-hybridized carbons (Fsp3) is 0.435. The van der Waals surface area contributed by atoms with E-state index in [1.165, 1.54) is 6.07 Å². The zero-order chi connectivity index (χ0) is 23.3. The van der Waals surface area contributed by atoms with E-state index in [1.54, 1.807) is 17.0 Å². The Hall–Kier alpha value is -3.10. The van der Waals surface area contributed by atoms with Crippen LogP contribution in [-0.2, 0) is 15.8 Å². The Balaban J connectivity index is 1.66. The highest BCUT2D eigenvalue weighted by atomic mass is 19.4. The first kappa shape index (κ1) is 23.6. The molecule has 1 unspecified atom stereocenters. The van der Waals surface area contributed by atoms with E-state index in [0.29, 0.717) is 44.0 Å². The maximum Gasteiger partial charge on any atom is 0.417 e. The first-order valence-electron chi connectivity index (χ1n) is 10.6. The lowest BCUT2D eigenvalue weighted by molar-refractivity contribution is -0.138. The molecule has 0 bridgehead atoms. The van der Waals surface area contributed by atoms with Gasteiger partial charge in [0.25, 0.3) is 0 Å². The summed E-state index contributed by atoms with van der Waals surface area (Å²) in [5, 5.41) is 2.86. The Kier molecular flexibility index (Phi) is 7.37. The molecular weight excluding hydrogens is 421 g/mol. The summed E-state index contributed by atoms with van der Waals surface area (Å²) < 4.78 is 38.3. The van der Waals surface area contributed by atoms with Crippen molar-refractivity contribution in [1.29, 1.82) is 0 Å². The van der Waals surface area contributed by atoms with Gasteiger partial charge in [-0.15, -0.1) is 0 Å². The first-order chi connectivity index (χ1) is 15.1. The third kappa shape index (κ3) is 5.99. The number of pyridine rings is 1. The van der Waals surface area contributed by atoms with Crippen molar-refractivity contribution in [2.75, 3.05) is 31.1 Å². The summed E-state index contributed by atoms with van der Waals surface area (Å²) in [4.78, 5) is 33.1. The monoisotopic (exact) mass is 448 g/mol. The number of nitrogens with one attached hydrogen (secondary N) is 1. The van der Waals surface area contributed by atoms with Gasteiger partial charge in [0, 0.05) is 38.8 Å². The molecule has 172 valence electrons. The maximum absolute atomic E-state index is 13.3. The predicted molar refractivity (Wildman–Crippen MR) is 115 cm³/mol. The highest BCUT2D eigenvalue weighted by molar-refractivity contribution is 5.89. The molecule has 1 saturated heterocycles. The van der Waals surface area contributed by atoms with Crippen LogP contribution in [0.15, 0.2) is 48.7 Å². The Morgan fingerprint density at radius 2 is 1.69 bits per heavy atom. The summed E-state index contributed by atoms with van der Waals surface area (Å²) in [5.41, 5.74) is -0.0839. The van der Waals surface area contributed by atoms with Gasteiger partial charge in [-0.05, 0) is 23.6 Å². The number of anilines is 1. The number of carbonyl (C=O) groups is 2. The van der Waals surface area contributed by atoms with Gasteiger partial charge in [0.05, 0.1) is 5.56 Å². The van der Waals surface area contributed by atoms with E-state index in [-0.39, 0.29) is 17.7 Å². The average Bonchev–Trinajstić information content (AvgIpc) is 2.77. The van der Waals surface area contributed by atoms with Gasteiger partial charge in [-0.25, -0.2) is 4.98 Å². The lowest BCUT2D eigenvalue weighted by Crippen LogP contribution is -2.52. The number of halogens is 3. The number of amides is 2. The van der Waals surface area contributed by atoms with E-state index >= 15 is 0 Å². The number of rotatable bonds is 6. The van der Waals surface area contributed by atoms with Crippen LogP contribution >= 0.6 is 0 Å². The summed E-state index contributed by atoms with van der Waals surface area (Å²) in [6, 6.07) is 10.7. The fourth-order valence-electron chi connectivity index (χ4n) is 3.60. The number of alkyl halides is 3. The fourth-order valence-corrected chi connectivity index (χ4v) is 3.60. The minimum Gasteiger partial charge on any atom is -0.353 e. The predicted octanol–water partition coefficient (Wildman–Crippen LogP) is 3.65. The summed E-state index contributed by atoms with van der Waals surface area (Å²) in [6.07, 6.45) is -3.28. The van der Waals surface area contributed by atoms with E-state index in [2.05, 4.69) is 10.3 Å². The topological polar surface area (TPSA) is 65.5 Å². The molecule has 6 nitrogen and oxygen atoms in total. The van der Waals surface area contributed by atoms with Gasteiger partial charge < -0.3 is 15.1 Å². The van der Waals surface area contributed by atoms with Gasteiger partial charge >= 0.3 is 6.18 Å². The Morgan fingerprint density at radius 1 is 1.03 bits per heavy atom. The van der Waals surface area contributed by atoms with Gasteiger partial charge in [0.15, 0.2) is 0 Å². The Bertz CT molecular complexity index is 909. The zero-order valence-corrected chi connectivity index (χ0v) is 18.1. The van der Waals surface area contributed by atoms with Crippen molar-refractivity contribution >= 4 is 17.6 Å². The molecule has 2 heterocycles. The highest BCUT2D eigenvalue weighted by Gasteiger charge is 2.32. The van der Waals surface area contributed by atoms with E-state index in [4.69, 9.17) is 0 Å². The molecular formula is C23H27F3N4O2. The molecule has 3 rings (SSSR count). The van der Waals surface area contributed by atoms with Crippen molar-refractivity contribution in [3.8, 4) is 0 Å². The van der Waals surface area contributed by atoms with E-state index in [1.807, 2.05) is 36.9 Å². The zero-order valence-electron chi connectivity index (χ0n) is 18.1. The van der Waals surface area contributed by atoms with Crippen molar-refractivity contribution in [3.05, 3.63) is 59.8 Å². The molecule has 1 aromatic heterocycles. The van der Waals surface area contributed by atoms with Crippen LogP contribution in [-0.4, -0.2) is 47.9 Å². The van der Waals surface area contributed by atoms with Crippen LogP contribution in [0.5, 0.6) is 0 Å². The Labute approximate surface area is 185 Å². The molecule has 2 amide bonds. The largest absolute Gasteiger partial charge is 0.417 e. The van der Waals surface area contributed by atoms with E-state index in [9.17, 15) is 22.8 Å². The smallest absolute Gasteiger partial charge is 0.353 e. The summed E-state index contributed by atoms with van der Waals surface area (Å²) in [6.45, 7) is 5.51. The summed E-state index contributed by atoms with van der Waals surface area (Å²) in [7, 11) is 0. The minimum absolute atomic E-state index is 0.168. The second-order valence-corrected chi connectivity index (χ2v) is 8.22. The van der Waals surface area contributed by atoms with Crippen molar-refractivity contribution in [1.82, 2.24) is 15.2 Å². The quantitative estimate of drug-likeness (QED) is 0.733. The van der Waals surface area contributed by atoms with Gasteiger partial charge in [-0.3, -0.25) is 9.59 Å². The number of hydrogen-bond acceptors (Lipinski definition) is 4. The highest BCUT2D eigenvalue weighted by Crippen LogP contribution is 2.29. The molecule has 0 radical (unpaired) electrons. The van der Waals surface area contributed by atoms with Gasteiger partial charge in [-0.1, -0.05) is 44.2 Å². The number of nitrogens with zero attached hydrogens (tertiary/aromatic N) is 3. The number of benzene rings is 1. The average molecular weight is 448 g/mol. The van der Waals surface area contributed by atoms with Gasteiger partial charge in [0.2, 0.25) is 11.8 Å². The standard InChI is InChI=1S/C23H27F3N4O2/c1-16(2)14-20(31)28-21(17-6-4-3-5-7-17)22(32)30-12-10-29(11-13-30)19-9-8-18(15-27-19)23(24,25)26/h3-9,15-16,21H,10-14H2,1-2H3,(H,28,31). The molecule has 1 fully saturated rings. The molecule has 1 aliphatic rings. The number of hydrogen-bond donors (Lipinski definition) is 1. The van der Waals surface area contributed by atoms with Gasteiger partial charge in [0.1, 0.15) is 11.9 Å². The van der Waals surface area contributed by atoms with Crippen LogP contribution in [0.3, 0.4) is 0 Å². The molecule has 1 atom stereocenters. The number of carbonyl (C=O) groups excluding carboxylic acids is 2. The maximum atomic E-state index is 13.3. The van der Waals surface area contributed by atoms with Crippen LogP contribution in [0.4, 0.5) is 19.0 Å². The van der Waals surface area contributed by atoms with Gasteiger partial charge in [-0.2, -0.15) is 13.2 Å². The number of aromatic nitrogens is 1. The normalized spacial score (nSPS) is 15.6. The minimum atomic E-state index is -4.43. The van der Waals surface area contributed by atoms with Crippen LogP contribution in [0.2, 0.25) is 0 Å². The van der Waals surface area contributed by atoms with Crippen LogP contribution in [0.25, 0.3) is 0 Å². The van der Waals surface area contributed by atoms with Crippen LogP contribution < -0.4 is 10.2 Å². The molecule has 32 heavy (non-hydrogen) atoms. The number of piperazine rings is 1. The molecule has 0 spiro atoms. The lowest BCUT2D eigenvalue weighted by Gasteiger charge is -2.37. The molecule has 0 saturated carbocycles. The molecule has 2 aromatic rings. The molecule has 1 aromatic carbocycles. The van der Waals surface area contributed by atoms with E-state index < -0.39 is 17.8 Å². The summed E-state index contributed by atoms with van der Waals surface area (Å²) >= 11 is 0. The molecule has 1 N–H and O–H groups in total. The van der Waals surface area contributed by atoms with Crippen molar-refractivity contribution in [2.24, 2.45) is 5.92 Å². The third-order valence-corrected chi connectivity index (χ3v) is 5.27. The van der Waals surface area contributed by atoms with Crippen LogP contribution in [0.1, 0.15) is 37.4 Å². The van der Waals surface area contributed by atoms with Crippen LogP contribution in [0, 0.1) is 5.92 Å². The molecule has 9 heteroatoms. The lowest BCUT2D eigenvalue weighted by atomic mass is 10.0. The van der Waals surface area contributed by atoms with Crippen molar-refractivity contribution in [2.45, 2.75) is 32.5 Å². The molecule has 0 aliphatic carbocycles. The first-order valence-corrected chi connectivity index (χ1v) is 10.6.